The van der Waals surface area contributed by atoms with Crippen LogP contribution in [0.5, 0.6) is 0 Å². The van der Waals surface area contributed by atoms with Crippen LogP contribution in [0.1, 0.15) is 0 Å². The SMILES string of the molecule is Nc1noooo1. The topological polar surface area (TPSA) is 91.5 Å². The van der Waals surface area contributed by atoms with Crippen LogP contribution in [0.25, 0.3) is 0 Å². The zero-order valence-electron chi connectivity index (χ0n) is 3.16. The maximum Gasteiger partial charge on any atom is 0.380 e. The molecule has 1 aromatic heterocycles. The Balaban J connectivity index is 3.02. The molecule has 0 fully saturated rings. The fourth-order valence-corrected chi connectivity index (χ4v) is 0.128. The van der Waals surface area contributed by atoms with Crippen molar-refractivity contribution in [2.45, 2.75) is 0 Å². The molecule has 6 heteroatoms. The van der Waals surface area contributed by atoms with Crippen molar-refractivity contribution in [3.63, 3.8) is 0 Å². The highest BCUT2D eigenvalue weighted by Gasteiger charge is 1.83. The van der Waals surface area contributed by atoms with E-state index >= 15 is 0 Å². The van der Waals surface area contributed by atoms with Crippen molar-refractivity contribution < 1.29 is 18.7 Å². The van der Waals surface area contributed by atoms with Crippen molar-refractivity contribution in [3.05, 3.63) is 0 Å². The predicted octanol–water partition coefficient (Wildman–Crippen LogP) is 0.160. The van der Waals surface area contributed by atoms with Gasteiger partial charge in [-0.3, -0.25) is 0 Å². The van der Waals surface area contributed by atoms with Crippen LogP contribution in [0.4, 0.5) is 6.01 Å². The zero-order valence-corrected chi connectivity index (χ0v) is 3.16. The lowest BCUT2D eigenvalue weighted by Gasteiger charge is -1.76. The minimum Gasteiger partial charge on any atom is -0.347 e. The Morgan fingerprint density at radius 3 is 2.57 bits per heavy atom. The number of hydrogen-bond acceptors (Lipinski definition) is 6. The normalized spacial score (nSPS) is 8.57. The molecule has 0 aliphatic carbocycles. The minimum atomic E-state index is -0.230. The fraction of sp³-hybridized carbons (Fsp3) is 0. The Bertz CT molecular complexity index is 140. The average Bonchev–Trinajstić information content (AvgIpc) is 1.69. The molecular formula is CH2N2O4. The molecule has 0 aliphatic rings. The van der Waals surface area contributed by atoms with Crippen LogP contribution in [-0.4, -0.2) is 5.16 Å². The van der Waals surface area contributed by atoms with E-state index in [1.807, 2.05) is 0 Å². The number of anilines is 1. The van der Waals surface area contributed by atoms with Crippen molar-refractivity contribution >= 4 is 6.01 Å². The molecule has 6 nitrogen and oxygen atoms in total. The summed E-state index contributed by atoms with van der Waals surface area (Å²) in [4.78, 5) is 0. The fourth-order valence-electron chi connectivity index (χ4n) is 0.128. The maximum atomic E-state index is 4.83. The molecule has 0 aromatic carbocycles. The molecule has 1 aromatic rings. The quantitative estimate of drug-likeness (QED) is 0.473. The van der Waals surface area contributed by atoms with Crippen molar-refractivity contribution in [2.75, 3.05) is 5.73 Å². The number of aromatic nitrogens is 1. The zero-order chi connectivity index (χ0) is 5.11. The Morgan fingerprint density at radius 2 is 2.29 bits per heavy atom. The Morgan fingerprint density at radius 1 is 1.43 bits per heavy atom. The molecule has 1 rings (SSSR count). The summed E-state index contributed by atoms with van der Waals surface area (Å²) in [6, 6.07) is -0.230. The van der Waals surface area contributed by atoms with Crippen molar-refractivity contribution in [2.24, 2.45) is 0 Å². The first-order chi connectivity index (χ1) is 3.39. The van der Waals surface area contributed by atoms with Gasteiger partial charge in [0, 0.05) is 5.16 Å². The van der Waals surface area contributed by atoms with Crippen LogP contribution in [-0.2, 0) is 0 Å². The molecule has 0 spiro atoms. The number of nitrogens with two attached hydrogens (primary N) is 1. The van der Waals surface area contributed by atoms with Gasteiger partial charge in [0.2, 0.25) is 0 Å². The second-order valence-corrected chi connectivity index (χ2v) is 0.723. The molecule has 0 atom stereocenters. The largest absolute Gasteiger partial charge is 0.380 e. The molecule has 0 bridgehead atoms. The molecule has 7 heavy (non-hydrogen) atoms. The summed E-state index contributed by atoms with van der Waals surface area (Å²) < 4.78 is 15.1. The van der Waals surface area contributed by atoms with E-state index in [1.54, 1.807) is 0 Å². The van der Waals surface area contributed by atoms with E-state index in [4.69, 9.17) is 5.73 Å². The van der Waals surface area contributed by atoms with Gasteiger partial charge >= 0.3 is 6.01 Å². The number of rotatable bonds is 0. The molecule has 0 radical (unpaired) electrons. The van der Waals surface area contributed by atoms with Gasteiger partial charge in [-0.1, -0.05) is 0 Å². The third-order valence-electron chi connectivity index (χ3n) is 0.305. The second kappa shape index (κ2) is 1.41. The van der Waals surface area contributed by atoms with Gasteiger partial charge in [-0.25, -0.2) is 4.58 Å². The molecule has 0 unspecified atom stereocenters. The Labute approximate surface area is 36.9 Å². The van der Waals surface area contributed by atoms with Gasteiger partial charge in [0.1, 0.15) is 0 Å². The van der Waals surface area contributed by atoms with Crippen LogP contribution < -0.4 is 5.73 Å². The summed E-state index contributed by atoms with van der Waals surface area (Å²) in [6.07, 6.45) is 0. The van der Waals surface area contributed by atoms with E-state index in [2.05, 4.69) is 23.9 Å². The summed E-state index contributed by atoms with van der Waals surface area (Å²) in [5, 5.41) is 2.95. The summed E-state index contributed by atoms with van der Waals surface area (Å²) in [7, 11) is 0. The first kappa shape index (κ1) is 3.85. The Hall–Kier alpha value is -1.33. The average molecular weight is 106 g/mol. The lowest BCUT2D eigenvalue weighted by Crippen LogP contribution is -1.85. The lowest BCUT2D eigenvalue weighted by molar-refractivity contribution is -0.329. The molecule has 0 amide bonds. The Kier molecular flexibility index (Phi) is 0.777. The second-order valence-electron chi connectivity index (χ2n) is 0.723. The molecule has 0 aliphatic heterocycles. The smallest absolute Gasteiger partial charge is 0.347 e. The van der Waals surface area contributed by atoms with Gasteiger partial charge in [-0.2, -0.15) is 0 Å². The van der Waals surface area contributed by atoms with Gasteiger partial charge in [0.05, 0.1) is 0 Å². The summed E-state index contributed by atoms with van der Waals surface area (Å²) in [5.41, 5.74) is 4.83. The number of nitrogen functional groups attached to an aromatic ring is 1. The van der Waals surface area contributed by atoms with Gasteiger partial charge in [-0.15, -0.1) is 4.68 Å². The number of hydrogen-bond donors (Lipinski definition) is 1. The summed E-state index contributed by atoms with van der Waals surface area (Å²) in [6.45, 7) is 0. The number of nitrogens with zero attached hydrogens (tertiary/aromatic N) is 1. The van der Waals surface area contributed by atoms with Crippen molar-refractivity contribution in [1.29, 1.82) is 0 Å². The van der Waals surface area contributed by atoms with E-state index in [-0.39, 0.29) is 6.01 Å². The summed E-state index contributed by atoms with van der Waals surface area (Å²) >= 11 is 0. The highest BCUT2D eigenvalue weighted by molar-refractivity contribution is 4.97. The first-order valence-corrected chi connectivity index (χ1v) is 1.40. The molecule has 1 heterocycles. The van der Waals surface area contributed by atoms with Gasteiger partial charge in [0.25, 0.3) is 0 Å². The maximum absolute atomic E-state index is 4.83. The predicted molar refractivity (Wildman–Crippen MR) is 15.3 cm³/mol. The van der Waals surface area contributed by atoms with E-state index in [0.29, 0.717) is 0 Å². The van der Waals surface area contributed by atoms with Crippen LogP contribution in [0.2, 0.25) is 0 Å². The van der Waals surface area contributed by atoms with Gasteiger partial charge < -0.3 is 5.73 Å². The van der Waals surface area contributed by atoms with Crippen molar-refractivity contribution in [1.82, 2.24) is 5.16 Å². The van der Waals surface area contributed by atoms with Crippen LogP contribution >= 0.6 is 0 Å². The van der Waals surface area contributed by atoms with E-state index in [9.17, 15) is 0 Å². The van der Waals surface area contributed by atoms with Crippen LogP contribution in [0.3, 0.4) is 0 Å². The molecule has 0 saturated heterocycles. The molecule has 40 valence electrons. The van der Waals surface area contributed by atoms with Crippen LogP contribution in [0, 0.1) is 0 Å². The van der Waals surface area contributed by atoms with E-state index in [1.165, 1.54) is 0 Å². The molecule has 0 saturated carbocycles. The van der Waals surface area contributed by atoms with E-state index in [0.717, 1.165) is 0 Å². The highest BCUT2D eigenvalue weighted by Crippen LogP contribution is 1.89. The van der Waals surface area contributed by atoms with Crippen molar-refractivity contribution in [3.8, 4) is 0 Å². The third-order valence-corrected chi connectivity index (χ3v) is 0.305. The van der Waals surface area contributed by atoms with Gasteiger partial charge in [-0.05, 0) is 9.47 Å². The molecular weight excluding hydrogens is 104 g/mol. The molecule has 2 N–H and O–H groups in total. The van der Waals surface area contributed by atoms with E-state index < -0.39 is 0 Å². The minimum absolute atomic E-state index is 0.230. The van der Waals surface area contributed by atoms with Gasteiger partial charge in [0.15, 0.2) is 0 Å². The standard InChI is InChI=1S/CH2N2O4/c2-1-3-5-7-6-4-1/h(H2,2,3). The first-order valence-electron chi connectivity index (χ1n) is 1.40. The van der Waals surface area contributed by atoms with Crippen LogP contribution in [0.15, 0.2) is 18.7 Å². The third kappa shape index (κ3) is 0.748. The monoisotopic (exact) mass is 106 g/mol. The summed E-state index contributed by atoms with van der Waals surface area (Å²) in [5.74, 6) is 0. The highest BCUT2D eigenvalue weighted by atomic mass is 17.4. The lowest BCUT2D eigenvalue weighted by atomic mass is 11.2.